The first-order chi connectivity index (χ1) is 7.43. The highest BCUT2D eigenvalue weighted by molar-refractivity contribution is 5.58. The van der Waals surface area contributed by atoms with E-state index in [1.165, 1.54) is 0 Å². The topological polar surface area (TPSA) is 125 Å². The van der Waals surface area contributed by atoms with Crippen molar-refractivity contribution in [2.75, 3.05) is 0 Å². The Kier molecular flexibility index (Phi) is 1.54. The number of H-pyrrole nitrogens is 3. The fraction of sp³-hybridized carbons (Fsp3) is 0. The van der Waals surface area contributed by atoms with E-state index in [2.05, 4.69) is 46.2 Å². The molecule has 9 nitrogen and oxygen atoms in total. The van der Waals surface area contributed by atoms with Crippen molar-refractivity contribution < 1.29 is 0 Å². The second kappa shape index (κ2) is 2.97. The summed E-state index contributed by atoms with van der Waals surface area (Å²) in [6.45, 7) is 0. The Morgan fingerprint density at radius 2 is 1.33 bits per heavy atom. The van der Waals surface area contributed by atoms with E-state index in [0.717, 1.165) is 11.4 Å². The van der Waals surface area contributed by atoms with Gasteiger partial charge in [0, 0.05) is 0 Å². The molecular formula is C6H5N9. The van der Waals surface area contributed by atoms with Gasteiger partial charge in [0.2, 0.25) is 11.6 Å². The summed E-state index contributed by atoms with van der Waals surface area (Å²) < 4.78 is 0. The third-order valence-corrected chi connectivity index (χ3v) is 1.86. The SMILES string of the molecule is c1cc(-c2nn[nH]n2)[nH]c1-c1nn[nH]n1. The molecule has 3 rings (SSSR count). The van der Waals surface area contributed by atoms with Crippen LogP contribution in [0, 0.1) is 0 Å². The second-order valence-electron chi connectivity index (χ2n) is 2.76. The predicted molar refractivity (Wildman–Crippen MR) is 47.1 cm³/mol. The summed E-state index contributed by atoms with van der Waals surface area (Å²) in [4.78, 5) is 3.05. The first kappa shape index (κ1) is 7.79. The fourth-order valence-corrected chi connectivity index (χ4v) is 1.21. The number of tetrazole rings is 2. The van der Waals surface area contributed by atoms with Crippen molar-refractivity contribution in [3.63, 3.8) is 0 Å². The third kappa shape index (κ3) is 1.25. The third-order valence-electron chi connectivity index (χ3n) is 1.86. The number of rotatable bonds is 2. The van der Waals surface area contributed by atoms with Crippen LogP contribution in [0.5, 0.6) is 0 Å². The molecule has 3 N–H and O–H groups in total. The van der Waals surface area contributed by atoms with Crippen molar-refractivity contribution >= 4 is 0 Å². The van der Waals surface area contributed by atoms with Gasteiger partial charge in [0.1, 0.15) is 0 Å². The quantitative estimate of drug-likeness (QED) is 0.509. The standard InChI is InChI=1S/C6H5N9/c1-2-4(6-10-14-15-11-6)7-3(1)5-8-12-13-9-5/h1-2,7H,(H,8,9,12,13)(H,10,11,14,15). The largest absolute Gasteiger partial charge is 0.349 e. The number of nitrogens with zero attached hydrogens (tertiary/aromatic N) is 6. The summed E-state index contributed by atoms with van der Waals surface area (Å²) in [6.07, 6.45) is 0. The molecule has 74 valence electrons. The summed E-state index contributed by atoms with van der Waals surface area (Å²) in [5, 5.41) is 27.0. The summed E-state index contributed by atoms with van der Waals surface area (Å²) >= 11 is 0. The Labute approximate surface area is 82.3 Å². The molecule has 0 aliphatic heterocycles. The molecule has 15 heavy (non-hydrogen) atoms. The molecule has 3 aromatic rings. The zero-order valence-electron chi connectivity index (χ0n) is 7.34. The van der Waals surface area contributed by atoms with E-state index in [1.807, 2.05) is 12.1 Å². The number of hydrogen-bond donors (Lipinski definition) is 3. The summed E-state index contributed by atoms with van der Waals surface area (Å²) in [7, 11) is 0. The minimum atomic E-state index is 0.491. The Balaban J connectivity index is 2.02. The van der Waals surface area contributed by atoms with Crippen LogP contribution in [0.1, 0.15) is 0 Å². The molecule has 0 aromatic carbocycles. The smallest absolute Gasteiger partial charge is 0.220 e. The lowest BCUT2D eigenvalue weighted by Gasteiger charge is -1.87. The fourth-order valence-electron chi connectivity index (χ4n) is 1.21. The van der Waals surface area contributed by atoms with Gasteiger partial charge in [-0.15, -0.1) is 20.4 Å². The molecule has 0 amide bonds. The Hall–Kier alpha value is -2.58. The number of aromatic nitrogens is 9. The molecule has 0 saturated carbocycles. The lowest BCUT2D eigenvalue weighted by Crippen LogP contribution is -1.83. The summed E-state index contributed by atoms with van der Waals surface area (Å²) in [5.74, 6) is 0.981. The maximum Gasteiger partial charge on any atom is 0.220 e. The van der Waals surface area contributed by atoms with Crippen LogP contribution in [0.15, 0.2) is 12.1 Å². The van der Waals surface area contributed by atoms with E-state index >= 15 is 0 Å². The highest BCUT2D eigenvalue weighted by atomic mass is 15.5. The Bertz CT molecular complexity index is 484. The minimum Gasteiger partial charge on any atom is -0.349 e. The van der Waals surface area contributed by atoms with Crippen molar-refractivity contribution in [1.29, 1.82) is 0 Å². The molecule has 0 unspecified atom stereocenters. The van der Waals surface area contributed by atoms with Crippen LogP contribution in [-0.2, 0) is 0 Å². The van der Waals surface area contributed by atoms with E-state index in [1.54, 1.807) is 0 Å². The summed E-state index contributed by atoms with van der Waals surface area (Å²) in [5.41, 5.74) is 1.48. The highest BCUT2D eigenvalue weighted by Crippen LogP contribution is 2.17. The Morgan fingerprint density at radius 3 is 1.73 bits per heavy atom. The van der Waals surface area contributed by atoms with Gasteiger partial charge in [-0.2, -0.15) is 10.4 Å². The van der Waals surface area contributed by atoms with Crippen molar-refractivity contribution in [1.82, 2.24) is 46.2 Å². The maximum atomic E-state index is 3.84. The molecule has 9 heteroatoms. The van der Waals surface area contributed by atoms with E-state index in [0.29, 0.717) is 11.6 Å². The first-order valence-corrected chi connectivity index (χ1v) is 4.10. The lowest BCUT2D eigenvalue weighted by atomic mass is 10.4. The number of hydrogen-bond acceptors (Lipinski definition) is 6. The first-order valence-electron chi connectivity index (χ1n) is 4.10. The maximum absolute atomic E-state index is 3.84. The van der Waals surface area contributed by atoms with Crippen molar-refractivity contribution in [2.45, 2.75) is 0 Å². The van der Waals surface area contributed by atoms with E-state index in [9.17, 15) is 0 Å². The Morgan fingerprint density at radius 1 is 0.800 bits per heavy atom. The lowest BCUT2D eigenvalue weighted by molar-refractivity contribution is 0.881. The van der Waals surface area contributed by atoms with Gasteiger partial charge in [-0.3, -0.25) is 0 Å². The molecule has 3 heterocycles. The molecule has 0 saturated heterocycles. The van der Waals surface area contributed by atoms with Crippen molar-refractivity contribution in [3.8, 4) is 23.0 Å². The monoisotopic (exact) mass is 203 g/mol. The molecule has 0 fully saturated rings. The van der Waals surface area contributed by atoms with Crippen LogP contribution < -0.4 is 0 Å². The van der Waals surface area contributed by atoms with Gasteiger partial charge in [0.15, 0.2) is 0 Å². The van der Waals surface area contributed by atoms with Gasteiger partial charge in [-0.25, -0.2) is 0 Å². The predicted octanol–water partition coefficient (Wildman–Crippen LogP) is -0.625. The molecule has 0 radical (unpaired) electrons. The van der Waals surface area contributed by atoms with Gasteiger partial charge < -0.3 is 4.98 Å². The van der Waals surface area contributed by atoms with Crippen molar-refractivity contribution in [3.05, 3.63) is 12.1 Å². The van der Waals surface area contributed by atoms with Crippen LogP contribution >= 0.6 is 0 Å². The number of nitrogens with one attached hydrogen (secondary N) is 3. The average molecular weight is 203 g/mol. The van der Waals surface area contributed by atoms with Gasteiger partial charge in [0.05, 0.1) is 11.4 Å². The van der Waals surface area contributed by atoms with Crippen LogP contribution in [0.4, 0.5) is 0 Å². The van der Waals surface area contributed by atoms with E-state index < -0.39 is 0 Å². The molecule has 0 spiro atoms. The summed E-state index contributed by atoms with van der Waals surface area (Å²) in [6, 6.07) is 3.63. The van der Waals surface area contributed by atoms with Crippen LogP contribution in [0.25, 0.3) is 23.0 Å². The molecule has 0 aliphatic rings. The van der Waals surface area contributed by atoms with Crippen LogP contribution in [-0.4, -0.2) is 46.2 Å². The minimum absolute atomic E-state index is 0.491. The zero-order chi connectivity index (χ0) is 10.1. The zero-order valence-corrected chi connectivity index (χ0v) is 7.34. The van der Waals surface area contributed by atoms with E-state index in [-0.39, 0.29) is 0 Å². The molecule has 0 bridgehead atoms. The average Bonchev–Trinajstić information content (AvgIpc) is 3.02. The molecule has 0 atom stereocenters. The van der Waals surface area contributed by atoms with Crippen molar-refractivity contribution in [2.24, 2.45) is 0 Å². The van der Waals surface area contributed by atoms with Gasteiger partial charge in [-0.05, 0) is 22.6 Å². The van der Waals surface area contributed by atoms with Crippen LogP contribution in [0.2, 0.25) is 0 Å². The van der Waals surface area contributed by atoms with Gasteiger partial charge >= 0.3 is 0 Å². The van der Waals surface area contributed by atoms with Gasteiger partial charge in [-0.1, -0.05) is 0 Å². The molecule has 0 aliphatic carbocycles. The number of aromatic amines is 3. The highest BCUT2D eigenvalue weighted by Gasteiger charge is 2.09. The molecular weight excluding hydrogens is 198 g/mol. The van der Waals surface area contributed by atoms with Gasteiger partial charge in [0.25, 0.3) is 0 Å². The molecule has 3 aromatic heterocycles. The van der Waals surface area contributed by atoms with Crippen LogP contribution in [0.3, 0.4) is 0 Å². The van der Waals surface area contributed by atoms with E-state index in [4.69, 9.17) is 0 Å². The normalized spacial score (nSPS) is 10.7. The second-order valence-corrected chi connectivity index (χ2v) is 2.76.